The minimum Gasteiger partial charge on any atom is -0.495 e. The summed E-state index contributed by atoms with van der Waals surface area (Å²) in [5.74, 6) is -0.825. The Kier molecular flexibility index (Phi) is 5.35. The number of aromatic nitrogens is 2. The van der Waals surface area contributed by atoms with Crippen LogP contribution in [0.2, 0.25) is 0 Å². The highest BCUT2D eigenvalue weighted by atomic mass is 16.5. The van der Waals surface area contributed by atoms with Crippen LogP contribution in [0.4, 0.5) is 0 Å². The molecule has 0 aliphatic heterocycles. The Hall–Kier alpha value is -4.14. The van der Waals surface area contributed by atoms with Crippen molar-refractivity contribution < 1.29 is 14.6 Å². The Balaban J connectivity index is 1.97. The van der Waals surface area contributed by atoms with Crippen molar-refractivity contribution in [2.45, 2.75) is 0 Å². The second-order valence-corrected chi connectivity index (χ2v) is 5.57. The average Bonchev–Trinajstić information content (AvgIpc) is 2.71. The van der Waals surface area contributed by atoms with Gasteiger partial charge in [0.05, 0.1) is 19.0 Å². The van der Waals surface area contributed by atoms with Crippen LogP contribution in [0, 0.1) is 0 Å². The van der Waals surface area contributed by atoms with Crippen molar-refractivity contribution in [1.29, 1.82) is 0 Å². The van der Waals surface area contributed by atoms with Gasteiger partial charge in [-0.2, -0.15) is 5.10 Å². The number of aromatic hydroxyl groups is 1. The van der Waals surface area contributed by atoms with E-state index in [1.165, 1.54) is 13.2 Å². The third-order valence-electron chi connectivity index (χ3n) is 3.84. The van der Waals surface area contributed by atoms with Gasteiger partial charge in [-0.15, -0.1) is 0 Å². The lowest BCUT2D eigenvalue weighted by Gasteiger charge is -2.12. The molecule has 0 fully saturated rings. The van der Waals surface area contributed by atoms with Gasteiger partial charge >= 0.3 is 5.69 Å². The molecule has 0 unspecified atom stereocenters. The lowest BCUT2D eigenvalue weighted by molar-refractivity contribution is 0.0955. The molecule has 28 heavy (non-hydrogen) atoms. The largest absolute Gasteiger partial charge is 0.495 e. The number of rotatable bonds is 5. The number of hydrazone groups is 1. The van der Waals surface area contributed by atoms with E-state index in [2.05, 4.69) is 15.5 Å². The highest BCUT2D eigenvalue weighted by Crippen LogP contribution is 2.24. The van der Waals surface area contributed by atoms with Gasteiger partial charge in [-0.25, -0.2) is 14.8 Å². The zero-order chi connectivity index (χ0) is 20.1. The lowest BCUT2D eigenvalue weighted by atomic mass is 10.2. The summed E-state index contributed by atoms with van der Waals surface area (Å²) in [5, 5.41) is 14.2. The van der Waals surface area contributed by atoms with Gasteiger partial charge in [-0.05, 0) is 24.3 Å². The van der Waals surface area contributed by atoms with E-state index in [1.807, 2.05) is 0 Å². The van der Waals surface area contributed by atoms with E-state index in [-0.39, 0.29) is 11.3 Å². The fourth-order valence-electron chi connectivity index (χ4n) is 2.50. The van der Waals surface area contributed by atoms with Gasteiger partial charge in [-0.3, -0.25) is 14.6 Å². The Bertz CT molecular complexity index is 1150. The van der Waals surface area contributed by atoms with Crippen LogP contribution in [0.1, 0.15) is 15.9 Å². The van der Waals surface area contributed by atoms with Crippen molar-refractivity contribution in [3.8, 4) is 17.3 Å². The van der Waals surface area contributed by atoms with Crippen LogP contribution in [0.3, 0.4) is 0 Å². The average molecular weight is 380 g/mol. The van der Waals surface area contributed by atoms with Gasteiger partial charge in [-0.1, -0.05) is 30.3 Å². The second kappa shape index (κ2) is 8.04. The highest BCUT2D eigenvalue weighted by molar-refractivity contribution is 5.94. The maximum atomic E-state index is 12.2. The fraction of sp³-hybridized carbons (Fsp3) is 0.0526. The number of aromatic amines is 1. The number of hydrogen-bond donors (Lipinski definition) is 3. The van der Waals surface area contributed by atoms with Crippen LogP contribution in [0.5, 0.6) is 11.6 Å². The number of benzene rings is 2. The smallest absolute Gasteiger partial charge is 0.335 e. The molecule has 1 amide bonds. The van der Waals surface area contributed by atoms with Crippen molar-refractivity contribution in [1.82, 2.24) is 15.0 Å². The van der Waals surface area contributed by atoms with E-state index in [4.69, 9.17) is 4.74 Å². The molecule has 0 bridgehead atoms. The maximum Gasteiger partial charge on any atom is 0.335 e. The first-order valence-corrected chi connectivity index (χ1v) is 8.13. The van der Waals surface area contributed by atoms with E-state index in [9.17, 15) is 19.5 Å². The highest BCUT2D eigenvalue weighted by Gasteiger charge is 2.17. The van der Waals surface area contributed by atoms with Gasteiger partial charge < -0.3 is 9.84 Å². The molecule has 0 aliphatic rings. The van der Waals surface area contributed by atoms with Crippen LogP contribution in [-0.2, 0) is 0 Å². The topological polar surface area (TPSA) is 126 Å². The van der Waals surface area contributed by atoms with Gasteiger partial charge in [0.2, 0.25) is 5.88 Å². The number of carbonyl (C=O) groups excluding carboxylic acids is 1. The lowest BCUT2D eigenvalue weighted by Crippen LogP contribution is -2.31. The number of hydrogen-bond acceptors (Lipinski definition) is 6. The molecule has 142 valence electrons. The number of H-pyrrole nitrogens is 1. The van der Waals surface area contributed by atoms with Crippen LogP contribution in [-0.4, -0.2) is 33.9 Å². The van der Waals surface area contributed by atoms with Crippen LogP contribution in [0.25, 0.3) is 5.69 Å². The zero-order valence-corrected chi connectivity index (χ0v) is 14.7. The molecule has 3 aromatic rings. The first-order valence-electron chi connectivity index (χ1n) is 8.13. The molecule has 1 aromatic heterocycles. The summed E-state index contributed by atoms with van der Waals surface area (Å²) in [6.07, 6.45) is 0.959. The van der Waals surface area contributed by atoms with Crippen LogP contribution in [0.15, 0.2) is 69.3 Å². The molecule has 0 saturated carbocycles. The Morgan fingerprint density at radius 1 is 1.14 bits per heavy atom. The molecular formula is C19H16N4O5. The molecule has 0 radical (unpaired) electrons. The normalized spacial score (nSPS) is 10.8. The molecule has 9 nitrogen and oxygen atoms in total. The quantitative estimate of drug-likeness (QED) is 0.450. The molecule has 3 N–H and O–H groups in total. The van der Waals surface area contributed by atoms with Gasteiger partial charge in [0.25, 0.3) is 11.5 Å². The van der Waals surface area contributed by atoms with E-state index in [0.717, 1.165) is 10.8 Å². The Morgan fingerprint density at radius 3 is 2.54 bits per heavy atom. The minimum atomic E-state index is -0.855. The summed E-state index contributed by atoms with van der Waals surface area (Å²) in [6.45, 7) is 0. The molecule has 3 rings (SSSR count). The van der Waals surface area contributed by atoms with Gasteiger partial charge in [0, 0.05) is 5.56 Å². The zero-order valence-electron chi connectivity index (χ0n) is 14.7. The number of nitrogens with one attached hydrogen (secondary N) is 2. The predicted octanol–water partition coefficient (Wildman–Crippen LogP) is 1.00. The molecule has 0 saturated heterocycles. The third-order valence-corrected chi connectivity index (χ3v) is 3.84. The molecule has 0 atom stereocenters. The minimum absolute atomic E-state index is 0.228. The number of ether oxygens (including phenoxy) is 1. The number of carbonyl (C=O) groups is 1. The molecule has 2 aromatic carbocycles. The standard InChI is InChI=1S/C19H16N4O5/c1-28-15-10-6-5-9-14(15)23-18(26)13(17(25)21-19(23)27)11-20-22-16(24)12-7-3-2-4-8-12/h2-11,26H,1H3,(H,22,24)(H,21,25,27). The summed E-state index contributed by atoms with van der Waals surface area (Å²) in [5.41, 5.74) is 0.842. The van der Waals surface area contributed by atoms with Crippen molar-refractivity contribution in [3.63, 3.8) is 0 Å². The summed E-state index contributed by atoms with van der Waals surface area (Å²) in [6, 6.07) is 14.8. The molecule has 1 heterocycles. The SMILES string of the molecule is COc1ccccc1-n1c(O)c(C=NNC(=O)c2ccccc2)c(=O)[nH]c1=O. The second-order valence-electron chi connectivity index (χ2n) is 5.57. The summed E-state index contributed by atoms with van der Waals surface area (Å²) >= 11 is 0. The monoisotopic (exact) mass is 380 g/mol. The Labute approximate surface area is 158 Å². The summed E-state index contributed by atoms with van der Waals surface area (Å²) in [7, 11) is 1.41. The summed E-state index contributed by atoms with van der Waals surface area (Å²) in [4.78, 5) is 38.4. The molecule has 0 spiro atoms. The maximum absolute atomic E-state index is 12.2. The Morgan fingerprint density at radius 2 is 1.82 bits per heavy atom. The number of methoxy groups -OCH3 is 1. The number of amides is 1. The van der Waals surface area contributed by atoms with Gasteiger partial charge in [0.15, 0.2) is 0 Å². The van der Waals surface area contributed by atoms with Crippen molar-refractivity contribution in [2.24, 2.45) is 5.10 Å². The van der Waals surface area contributed by atoms with Crippen molar-refractivity contribution >= 4 is 12.1 Å². The van der Waals surface area contributed by atoms with Crippen molar-refractivity contribution in [2.75, 3.05) is 7.11 Å². The van der Waals surface area contributed by atoms with E-state index in [0.29, 0.717) is 11.3 Å². The van der Waals surface area contributed by atoms with Gasteiger partial charge in [0.1, 0.15) is 11.3 Å². The summed E-state index contributed by atoms with van der Waals surface area (Å²) < 4.78 is 6.06. The van der Waals surface area contributed by atoms with E-state index >= 15 is 0 Å². The third kappa shape index (κ3) is 3.68. The first kappa shape index (κ1) is 18.6. The molecule has 9 heteroatoms. The van der Waals surface area contributed by atoms with E-state index < -0.39 is 23.0 Å². The molecular weight excluding hydrogens is 364 g/mol. The van der Waals surface area contributed by atoms with Crippen LogP contribution < -0.4 is 21.4 Å². The fourth-order valence-corrected chi connectivity index (χ4v) is 2.50. The van der Waals surface area contributed by atoms with Crippen molar-refractivity contribution in [3.05, 3.63) is 86.6 Å². The molecule has 0 aliphatic carbocycles. The van der Waals surface area contributed by atoms with Crippen LogP contribution >= 0.6 is 0 Å². The predicted molar refractivity (Wildman–Crippen MR) is 102 cm³/mol. The first-order chi connectivity index (χ1) is 13.5. The van der Waals surface area contributed by atoms with E-state index in [1.54, 1.807) is 48.5 Å². The number of nitrogens with zero attached hydrogens (tertiary/aromatic N) is 2. The number of para-hydroxylation sites is 2.